The van der Waals surface area contributed by atoms with Gasteiger partial charge in [0.05, 0.1) is 12.7 Å². The SMILES string of the molecule is CC(C)C(C)OCC(CBr)C(C)(C)C. The standard InChI is InChI=1S/C12H25BrO/c1-9(2)10(3)14-8-11(7-13)12(4,5)6/h9-11H,7-8H2,1-6H3. The summed E-state index contributed by atoms with van der Waals surface area (Å²) in [7, 11) is 0. The van der Waals surface area contributed by atoms with E-state index in [-0.39, 0.29) is 0 Å². The molecule has 0 heterocycles. The zero-order chi connectivity index (χ0) is 11.4. The van der Waals surface area contributed by atoms with E-state index in [4.69, 9.17) is 4.74 Å². The van der Waals surface area contributed by atoms with Crippen LogP contribution in [0, 0.1) is 17.3 Å². The monoisotopic (exact) mass is 264 g/mol. The summed E-state index contributed by atoms with van der Waals surface area (Å²) >= 11 is 3.56. The van der Waals surface area contributed by atoms with Gasteiger partial charge in [-0.15, -0.1) is 0 Å². The third kappa shape index (κ3) is 5.35. The number of rotatable bonds is 5. The Labute approximate surface area is 97.7 Å². The Kier molecular flexibility index (Phi) is 6.31. The Morgan fingerprint density at radius 3 is 1.93 bits per heavy atom. The van der Waals surface area contributed by atoms with Crippen LogP contribution in [0.4, 0.5) is 0 Å². The van der Waals surface area contributed by atoms with Crippen LogP contribution in [0.1, 0.15) is 41.5 Å². The van der Waals surface area contributed by atoms with E-state index < -0.39 is 0 Å². The number of ether oxygens (including phenoxy) is 1. The van der Waals surface area contributed by atoms with E-state index in [1.807, 2.05) is 0 Å². The van der Waals surface area contributed by atoms with Gasteiger partial charge in [-0.1, -0.05) is 50.5 Å². The van der Waals surface area contributed by atoms with Crippen LogP contribution in [-0.4, -0.2) is 18.0 Å². The van der Waals surface area contributed by atoms with Gasteiger partial charge in [0.2, 0.25) is 0 Å². The fourth-order valence-corrected chi connectivity index (χ4v) is 2.14. The van der Waals surface area contributed by atoms with Gasteiger partial charge in [0.25, 0.3) is 0 Å². The highest BCUT2D eigenvalue weighted by Crippen LogP contribution is 2.28. The predicted octanol–water partition coefficient (Wildman–Crippen LogP) is 4.10. The summed E-state index contributed by atoms with van der Waals surface area (Å²) in [5.74, 6) is 1.19. The van der Waals surface area contributed by atoms with E-state index in [1.54, 1.807) is 0 Å². The maximum Gasteiger partial charge on any atom is 0.0570 e. The van der Waals surface area contributed by atoms with Gasteiger partial charge in [-0.25, -0.2) is 0 Å². The first-order valence-corrected chi connectivity index (χ1v) is 6.58. The molecule has 86 valence electrons. The molecule has 0 aliphatic rings. The van der Waals surface area contributed by atoms with Crippen molar-refractivity contribution >= 4 is 15.9 Å². The lowest BCUT2D eigenvalue weighted by atomic mass is 9.82. The van der Waals surface area contributed by atoms with Gasteiger partial charge in [0, 0.05) is 5.33 Å². The van der Waals surface area contributed by atoms with Crippen molar-refractivity contribution in [2.24, 2.45) is 17.3 Å². The molecule has 0 aromatic rings. The second-order valence-corrected chi connectivity index (χ2v) is 6.15. The minimum atomic E-state index is 0.320. The number of hydrogen-bond acceptors (Lipinski definition) is 1. The van der Waals surface area contributed by atoms with Crippen molar-refractivity contribution in [1.82, 2.24) is 0 Å². The molecule has 0 aromatic heterocycles. The summed E-state index contributed by atoms with van der Waals surface area (Å²) in [6.45, 7) is 14.2. The second kappa shape index (κ2) is 6.12. The highest BCUT2D eigenvalue weighted by atomic mass is 79.9. The van der Waals surface area contributed by atoms with Gasteiger partial charge in [0.1, 0.15) is 0 Å². The van der Waals surface area contributed by atoms with Crippen molar-refractivity contribution in [2.45, 2.75) is 47.6 Å². The van der Waals surface area contributed by atoms with Crippen LogP contribution in [0.3, 0.4) is 0 Å². The molecule has 0 saturated carbocycles. The molecule has 1 nitrogen and oxygen atoms in total. The highest BCUT2D eigenvalue weighted by molar-refractivity contribution is 9.09. The van der Waals surface area contributed by atoms with E-state index in [1.165, 1.54) is 0 Å². The summed E-state index contributed by atoms with van der Waals surface area (Å²) < 4.78 is 5.85. The molecule has 2 heteroatoms. The van der Waals surface area contributed by atoms with Crippen molar-refractivity contribution in [2.75, 3.05) is 11.9 Å². The third-order valence-electron chi connectivity index (χ3n) is 2.91. The van der Waals surface area contributed by atoms with Gasteiger partial charge in [0.15, 0.2) is 0 Å². The highest BCUT2D eigenvalue weighted by Gasteiger charge is 2.24. The van der Waals surface area contributed by atoms with Gasteiger partial charge in [-0.05, 0) is 24.2 Å². The molecule has 0 N–H and O–H groups in total. The topological polar surface area (TPSA) is 9.23 Å². The Morgan fingerprint density at radius 2 is 1.64 bits per heavy atom. The predicted molar refractivity (Wildman–Crippen MR) is 67.0 cm³/mol. The summed E-state index contributed by atoms with van der Waals surface area (Å²) in [4.78, 5) is 0. The van der Waals surface area contributed by atoms with E-state index in [2.05, 4.69) is 57.5 Å². The Hall–Kier alpha value is 0.440. The van der Waals surface area contributed by atoms with Crippen molar-refractivity contribution in [3.8, 4) is 0 Å². The molecule has 0 aromatic carbocycles. The molecule has 2 unspecified atom stereocenters. The molecular weight excluding hydrogens is 240 g/mol. The Bertz CT molecular complexity index is 149. The van der Waals surface area contributed by atoms with E-state index in [9.17, 15) is 0 Å². The molecule has 0 aliphatic heterocycles. The number of hydrogen-bond donors (Lipinski definition) is 0. The summed E-state index contributed by atoms with van der Waals surface area (Å²) in [5.41, 5.74) is 0.320. The van der Waals surface area contributed by atoms with Crippen LogP contribution >= 0.6 is 15.9 Å². The first-order chi connectivity index (χ1) is 6.29. The van der Waals surface area contributed by atoms with Crippen molar-refractivity contribution < 1.29 is 4.74 Å². The maximum atomic E-state index is 5.85. The van der Waals surface area contributed by atoms with Crippen molar-refractivity contribution in [3.63, 3.8) is 0 Å². The quantitative estimate of drug-likeness (QED) is 0.680. The van der Waals surface area contributed by atoms with E-state index in [0.717, 1.165) is 11.9 Å². The van der Waals surface area contributed by atoms with Crippen LogP contribution < -0.4 is 0 Å². The minimum absolute atomic E-state index is 0.320. The van der Waals surface area contributed by atoms with Gasteiger partial charge in [-0.3, -0.25) is 0 Å². The molecule has 0 aliphatic carbocycles. The first-order valence-electron chi connectivity index (χ1n) is 5.46. The van der Waals surface area contributed by atoms with Crippen LogP contribution in [0.5, 0.6) is 0 Å². The molecule has 0 spiro atoms. The fourth-order valence-electron chi connectivity index (χ4n) is 0.986. The summed E-state index contributed by atoms with van der Waals surface area (Å²) in [6, 6.07) is 0. The van der Waals surface area contributed by atoms with E-state index >= 15 is 0 Å². The zero-order valence-corrected chi connectivity index (χ0v) is 12.0. The lowest BCUT2D eigenvalue weighted by molar-refractivity contribution is -0.00336. The van der Waals surface area contributed by atoms with Crippen LogP contribution in [0.2, 0.25) is 0 Å². The van der Waals surface area contributed by atoms with Crippen molar-refractivity contribution in [3.05, 3.63) is 0 Å². The fraction of sp³-hybridized carbons (Fsp3) is 1.00. The molecular formula is C12H25BrO. The largest absolute Gasteiger partial charge is 0.378 e. The molecule has 0 saturated heterocycles. The van der Waals surface area contributed by atoms with Gasteiger partial charge in [-0.2, -0.15) is 0 Å². The smallest absolute Gasteiger partial charge is 0.0570 e. The summed E-state index contributed by atoms with van der Waals surface area (Å²) in [5, 5.41) is 1.02. The van der Waals surface area contributed by atoms with Crippen LogP contribution in [-0.2, 0) is 4.74 Å². The Morgan fingerprint density at radius 1 is 1.14 bits per heavy atom. The van der Waals surface area contributed by atoms with Crippen molar-refractivity contribution in [1.29, 1.82) is 0 Å². The normalized spacial score (nSPS) is 17.1. The number of alkyl halides is 1. The third-order valence-corrected chi connectivity index (χ3v) is 3.69. The molecule has 2 atom stereocenters. The maximum absolute atomic E-state index is 5.85. The molecule has 0 rings (SSSR count). The molecule has 0 radical (unpaired) electrons. The second-order valence-electron chi connectivity index (χ2n) is 5.50. The molecule has 0 amide bonds. The zero-order valence-electron chi connectivity index (χ0n) is 10.4. The molecule has 0 bridgehead atoms. The average Bonchev–Trinajstić information content (AvgIpc) is 2.02. The molecule has 14 heavy (non-hydrogen) atoms. The lowest BCUT2D eigenvalue weighted by Crippen LogP contribution is -2.29. The summed E-state index contributed by atoms with van der Waals surface area (Å²) in [6.07, 6.45) is 0.360. The van der Waals surface area contributed by atoms with Crippen LogP contribution in [0.25, 0.3) is 0 Å². The first kappa shape index (κ1) is 14.4. The lowest BCUT2D eigenvalue weighted by Gasteiger charge is -2.30. The van der Waals surface area contributed by atoms with Gasteiger partial charge >= 0.3 is 0 Å². The number of halogens is 1. The molecule has 0 fully saturated rings. The van der Waals surface area contributed by atoms with E-state index in [0.29, 0.717) is 23.4 Å². The Balaban J connectivity index is 3.97. The van der Waals surface area contributed by atoms with Crippen LogP contribution in [0.15, 0.2) is 0 Å². The minimum Gasteiger partial charge on any atom is -0.378 e. The average molecular weight is 265 g/mol. The van der Waals surface area contributed by atoms with Gasteiger partial charge < -0.3 is 4.74 Å².